The summed E-state index contributed by atoms with van der Waals surface area (Å²) in [5.74, 6) is 0.557. The second-order valence-electron chi connectivity index (χ2n) is 5.44. The molecule has 0 fully saturated rings. The molecule has 1 aromatic heterocycles. The monoisotopic (exact) mass is 345 g/mol. The highest BCUT2D eigenvalue weighted by atomic mass is 79.9. The van der Waals surface area contributed by atoms with Crippen LogP contribution >= 0.6 is 15.9 Å². The van der Waals surface area contributed by atoms with Crippen molar-refractivity contribution in [2.75, 3.05) is 20.3 Å². The first-order chi connectivity index (χ1) is 9.53. The molecule has 20 heavy (non-hydrogen) atoms. The minimum absolute atomic E-state index is 0.460. The number of rotatable bonds is 9. The van der Waals surface area contributed by atoms with E-state index in [1.54, 1.807) is 7.11 Å². The number of aromatic nitrogens is 2. The third kappa shape index (κ3) is 4.86. The van der Waals surface area contributed by atoms with Crippen LogP contribution in [0.4, 0.5) is 0 Å². The SMILES string of the molecule is CCNC(Cc1c(Br)c(CC)nn1C)CC(C)COC. The highest BCUT2D eigenvalue weighted by molar-refractivity contribution is 9.10. The van der Waals surface area contributed by atoms with Gasteiger partial charge in [-0.1, -0.05) is 20.8 Å². The lowest BCUT2D eigenvalue weighted by molar-refractivity contribution is 0.149. The fourth-order valence-corrected chi connectivity index (χ4v) is 3.42. The predicted molar refractivity (Wildman–Crippen MR) is 87.1 cm³/mol. The summed E-state index contributed by atoms with van der Waals surface area (Å²) < 4.78 is 8.43. The van der Waals surface area contributed by atoms with Crippen molar-refractivity contribution < 1.29 is 4.74 Å². The van der Waals surface area contributed by atoms with Crippen LogP contribution in [-0.4, -0.2) is 36.1 Å². The van der Waals surface area contributed by atoms with Crippen molar-refractivity contribution >= 4 is 15.9 Å². The molecule has 4 nitrogen and oxygen atoms in total. The molecule has 2 atom stereocenters. The Morgan fingerprint density at radius 1 is 1.40 bits per heavy atom. The number of nitrogens with zero attached hydrogens (tertiary/aromatic N) is 2. The van der Waals surface area contributed by atoms with Gasteiger partial charge in [-0.15, -0.1) is 0 Å². The molecule has 0 aliphatic heterocycles. The Morgan fingerprint density at radius 3 is 2.60 bits per heavy atom. The number of hydrogen-bond acceptors (Lipinski definition) is 3. The van der Waals surface area contributed by atoms with E-state index < -0.39 is 0 Å². The zero-order valence-electron chi connectivity index (χ0n) is 13.4. The summed E-state index contributed by atoms with van der Waals surface area (Å²) in [5, 5.41) is 8.16. The first-order valence-electron chi connectivity index (χ1n) is 7.45. The average molecular weight is 346 g/mol. The van der Waals surface area contributed by atoms with Crippen LogP contribution in [0.25, 0.3) is 0 Å². The van der Waals surface area contributed by atoms with Crippen molar-refractivity contribution in [2.24, 2.45) is 13.0 Å². The number of halogens is 1. The third-order valence-electron chi connectivity index (χ3n) is 3.57. The minimum atomic E-state index is 0.460. The predicted octanol–water partition coefficient (Wildman–Crippen LogP) is 2.94. The molecular formula is C15H28BrN3O. The molecule has 116 valence electrons. The van der Waals surface area contributed by atoms with Crippen LogP contribution in [0.3, 0.4) is 0 Å². The van der Waals surface area contributed by atoms with Gasteiger partial charge in [-0.3, -0.25) is 4.68 Å². The van der Waals surface area contributed by atoms with Crippen LogP contribution in [0.5, 0.6) is 0 Å². The molecule has 5 heteroatoms. The summed E-state index contributed by atoms with van der Waals surface area (Å²) in [5.41, 5.74) is 2.42. The van der Waals surface area contributed by atoms with E-state index in [0.717, 1.165) is 38.1 Å². The quantitative estimate of drug-likeness (QED) is 0.747. The van der Waals surface area contributed by atoms with Gasteiger partial charge in [0, 0.05) is 33.2 Å². The van der Waals surface area contributed by atoms with Gasteiger partial charge in [0.15, 0.2) is 0 Å². The highest BCUT2D eigenvalue weighted by Gasteiger charge is 2.19. The summed E-state index contributed by atoms with van der Waals surface area (Å²) in [6, 6.07) is 0.460. The number of hydrogen-bond donors (Lipinski definition) is 1. The van der Waals surface area contributed by atoms with E-state index in [4.69, 9.17) is 4.74 Å². The van der Waals surface area contributed by atoms with Crippen molar-refractivity contribution in [1.29, 1.82) is 0 Å². The van der Waals surface area contributed by atoms with Crippen LogP contribution < -0.4 is 5.32 Å². The molecule has 0 saturated heterocycles. The molecular weight excluding hydrogens is 318 g/mol. The lowest BCUT2D eigenvalue weighted by Crippen LogP contribution is -2.34. The second-order valence-corrected chi connectivity index (χ2v) is 6.23. The second kappa shape index (κ2) is 8.80. The van der Waals surface area contributed by atoms with E-state index in [1.165, 1.54) is 10.2 Å². The van der Waals surface area contributed by atoms with E-state index in [0.29, 0.717) is 12.0 Å². The topological polar surface area (TPSA) is 39.1 Å². The summed E-state index contributed by atoms with van der Waals surface area (Å²) in [6.07, 6.45) is 3.06. The standard InChI is InChI=1S/C15H28BrN3O/c1-6-13-15(16)14(19(4)18-13)9-12(17-7-2)8-11(3)10-20-5/h11-12,17H,6-10H2,1-5H3. The van der Waals surface area contributed by atoms with Gasteiger partial charge in [-0.2, -0.15) is 5.10 Å². The van der Waals surface area contributed by atoms with Crippen LogP contribution in [0, 0.1) is 5.92 Å². The van der Waals surface area contributed by atoms with Gasteiger partial charge in [0.05, 0.1) is 15.9 Å². The Labute approximate surface area is 131 Å². The maximum absolute atomic E-state index is 5.25. The van der Waals surface area contributed by atoms with Crippen LogP contribution in [0.2, 0.25) is 0 Å². The maximum Gasteiger partial charge on any atom is 0.0766 e. The Morgan fingerprint density at radius 2 is 2.10 bits per heavy atom. The number of nitrogens with one attached hydrogen (secondary N) is 1. The van der Waals surface area contributed by atoms with Crippen molar-refractivity contribution in [3.05, 3.63) is 15.9 Å². The molecule has 1 aromatic rings. The zero-order chi connectivity index (χ0) is 15.1. The van der Waals surface area contributed by atoms with Gasteiger partial charge in [0.2, 0.25) is 0 Å². The molecule has 0 spiro atoms. The molecule has 0 aliphatic rings. The largest absolute Gasteiger partial charge is 0.384 e. The summed E-state index contributed by atoms with van der Waals surface area (Å²) >= 11 is 3.70. The number of likely N-dealkylation sites (N-methyl/N-ethyl adjacent to an activating group) is 1. The molecule has 0 bridgehead atoms. The molecule has 1 N–H and O–H groups in total. The Bertz CT molecular complexity index is 406. The zero-order valence-corrected chi connectivity index (χ0v) is 15.0. The van der Waals surface area contributed by atoms with E-state index in [-0.39, 0.29) is 0 Å². The fourth-order valence-electron chi connectivity index (χ4n) is 2.64. The smallest absolute Gasteiger partial charge is 0.0766 e. The van der Waals surface area contributed by atoms with Crippen LogP contribution in [0.1, 0.15) is 38.6 Å². The first-order valence-corrected chi connectivity index (χ1v) is 8.25. The molecule has 0 radical (unpaired) electrons. The molecule has 1 rings (SSSR count). The fraction of sp³-hybridized carbons (Fsp3) is 0.800. The van der Waals surface area contributed by atoms with E-state index in [9.17, 15) is 0 Å². The molecule has 0 saturated carbocycles. The Kier molecular flexibility index (Phi) is 7.77. The van der Waals surface area contributed by atoms with E-state index in [1.807, 2.05) is 11.7 Å². The lowest BCUT2D eigenvalue weighted by Gasteiger charge is -2.21. The minimum Gasteiger partial charge on any atom is -0.384 e. The van der Waals surface area contributed by atoms with E-state index >= 15 is 0 Å². The molecule has 0 amide bonds. The van der Waals surface area contributed by atoms with Gasteiger partial charge in [0.25, 0.3) is 0 Å². The maximum atomic E-state index is 5.25. The molecule has 0 aliphatic carbocycles. The highest BCUT2D eigenvalue weighted by Crippen LogP contribution is 2.24. The Balaban J connectivity index is 2.77. The number of methoxy groups -OCH3 is 1. The molecule has 0 aromatic carbocycles. The van der Waals surface area contributed by atoms with Gasteiger partial charge < -0.3 is 10.1 Å². The Hall–Kier alpha value is -0.390. The molecule has 1 heterocycles. The van der Waals surface area contributed by atoms with Gasteiger partial charge in [-0.05, 0) is 41.2 Å². The third-order valence-corrected chi connectivity index (χ3v) is 4.49. The van der Waals surface area contributed by atoms with Gasteiger partial charge in [0.1, 0.15) is 0 Å². The average Bonchev–Trinajstić information content (AvgIpc) is 2.66. The normalized spacial score (nSPS) is 14.5. The van der Waals surface area contributed by atoms with Crippen LogP contribution in [0.15, 0.2) is 4.47 Å². The summed E-state index contributed by atoms with van der Waals surface area (Å²) in [4.78, 5) is 0. The van der Waals surface area contributed by atoms with Gasteiger partial charge >= 0.3 is 0 Å². The van der Waals surface area contributed by atoms with Crippen molar-refractivity contribution in [3.63, 3.8) is 0 Å². The number of ether oxygens (including phenoxy) is 1. The molecule has 2 unspecified atom stereocenters. The van der Waals surface area contributed by atoms with Crippen molar-refractivity contribution in [2.45, 2.75) is 46.1 Å². The van der Waals surface area contributed by atoms with Crippen molar-refractivity contribution in [3.8, 4) is 0 Å². The van der Waals surface area contributed by atoms with Crippen molar-refractivity contribution in [1.82, 2.24) is 15.1 Å². The number of aryl methyl sites for hydroxylation is 2. The van der Waals surface area contributed by atoms with E-state index in [2.05, 4.69) is 47.1 Å². The lowest BCUT2D eigenvalue weighted by atomic mass is 9.98. The summed E-state index contributed by atoms with van der Waals surface area (Å²) in [6.45, 7) is 8.34. The van der Waals surface area contributed by atoms with Crippen LogP contribution in [-0.2, 0) is 24.6 Å². The summed E-state index contributed by atoms with van der Waals surface area (Å²) in [7, 11) is 3.80. The first kappa shape index (κ1) is 17.7. The van der Waals surface area contributed by atoms with Gasteiger partial charge in [-0.25, -0.2) is 0 Å².